The van der Waals surface area contributed by atoms with Gasteiger partial charge in [0.1, 0.15) is 5.84 Å². The third-order valence-corrected chi connectivity index (χ3v) is 5.38. The van der Waals surface area contributed by atoms with E-state index in [1.54, 1.807) is 0 Å². The minimum atomic E-state index is -4.93. The van der Waals surface area contributed by atoms with Crippen LogP contribution in [0, 0.1) is 5.82 Å². The van der Waals surface area contributed by atoms with Crippen LogP contribution in [0.4, 0.5) is 17.6 Å². The van der Waals surface area contributed by atoms with Gasteiger partial charge < -0.3 is 14.8 Å². The van der Waals surface area contributed by atoms with Crippen molar-refractivity contribution in [3.63, 3.8) is 0 Å². The molecule has 1 aromatic carbocycles. The van der Waals surface area contributed by atoms with E-state index in [9.17, 15) is 22.4 Å². The van der Waals surface area contributed by atoms with Crippen LogP contribution in [0.5, 0.6) is 0 Å². The first-order chi connectivity index (χ1) is 14.0. The number of oxime groups is 1. The lowest BCUT2D eigenvalue weighted by Crippen LogP contribution is -2.44. The molecule has 1 unspecified atom stereocenters. The summed E-state index contributed by atoms with van der Waals surface area (Å²) in [4.78, 5) is 25.0. The molecule has 2 aliphatic rings. The molecule has 30 heavy (non-hydrogen) atoms. The molecule has 13 heteroatoms. The number of hydrogen-bond donors (Lipinski definition) is 1. The summed E-state index contributed by atoms with van der Waals surface area (Å²) in [6.07, 6.45) is -4.34. The van der Waals surface area contributed by atoms with Crippen LogP contribution in [0.1, 0.15) is 33.9 Å². The zero-order chi connectivity index (χ0) is 21.8. The lowest BCUT2D eigenvalue weighted by atomic mass is 9.89. The quantitative estimate of drug-likeness (QED) is 0.531. The molecule has 0 fully saturated rings. The van der Waals surface area contributed by atoms with E-state index < -0.39 is 51.4 Å². The van der Waals surface area contributed by atoms with E-state index in [1.165, 1.54) is 11.1 Å². The Bertz CT molecular complexity index is 1070. The van der Waals surface area contributed by atoms with Crippen molar-refractivity contribution in [2.45, 2.75) is 31.3 Å². The number of rotatable bonds is 2. The number of carboxylic acids is 1. The fourth-order valence-electron chi connectivity index (χ4n) is 3.29. The molecule has 158 valence electrons. The first-order valence-electron chi connectivity index (χ1n) is 8.31. The van der Waals surface area contributed by atoms with E-state index in [4.69, 9.17) is 33.1 Å². The molecule has 4 rings (SSSR count). The third kappa shape index (κ3) is 3.21. The molecule has 1 atom stereocenters. The van der Waals surface area contributed by atoms with Crippen LogP contribution in [0.3, 0.4) is 0 Å². The highest BCUT2D eigenvalue weighted by Crippen LogP contribution is 2.50. The van der Waals surface area contributed by atoms with Crippen LogP contribution >= 0.6 is 23.2 Å². The zero-order valence-electron chi connectivity index (χ0n) is 14.7. The molecule has 0 saturated carbocycles. The predicted octanol–water partition coefficient (Wildman–Crippen LogP) is 4.13. The second-order valence-corrected chi connectivity index (χ2v) is 7.50. The number of carboxylic acid groups (broad SMARTS) is 1. The van der Waals surface area contributed by atoms with Crippen molar-refractivity contribution in [2.24, 2.45) is 5.16 Å². The van der Waals surface area contributed by atoms with Crippen LogP contribution in [-0.2, 0) is 23.5 Å². The average molecular weight is 465 g/mol. The molecule has 1 N–H and O–H groups in total. The molecule has 1 aromatic heterocycles. The normalized spacial score (nSPS) is 20.7. The summed E-state index contributed by atoms with van der Waals surface area (Å²) in [6, 6.07) is 1.61. The molecule has 0 spiro atoms. The van der Waals surface area contributed by atoms with Crippen LogP contribution < -0.4 is 0 Å². The van der Waals surface area contributed by atoms with E-state index in [-0.39, 0.29) is 18.9 Å². The minimum absolute atomic E-state index is 0.0270. The molecule has 0 bridgehead atoms. The average Bonchev–Trinajstić information content (AvgIpc) is 3.29. The molecule has 7 nitrogen and oxygen atoms in total. The van der Waals surface area contributed by atoms with E-state index in [1.807, 2.05) is 0 Å². The van der Waals surface area contributed by atoms with Crippen LogP contribution in [0.25, 0.3) is 0 Å². The van der Waals surface area contributed by atoms with Gasteiger partial charge in [-0.05, 0) is 12.1 Å². The number of amidine groups is 1. The van der Waals surface area contributed by atoms with Gasteiger partial charge in [0.15, 0.2) is 5.82 Å². The fraction of sp³-hybridized carbons (Fsp3) is 0.294. The third-order valence-electron chi connectivity index (χ3n) is 4.83. The second kappa shape index (κ2) is 6.95. The highest BCUT2D eigenvalue weighted by atomic mass is 35.5. The van der Waals surface area contributed by atoms with Gasteiger partial charge in [0, 0.05) is 23.9 Å². The first-order valence-corrected chi connectivity index (χ1v) is 9.07. The van der Waals surface area contributed by atoms with Crippen molar-refractivity contribution in [1.29, 1.82) is 0 Å². The lowest BCUT2D eigenvalue weighted by Gasteiger charge is -2.30. The summed E-state index contributed by atoms with van der Waals surface area (Å²) in [5.74, 6) is -2.82. The highest BCUT2D eigenvalue weighted by Gasteiger charge is 2.63. The number of carbonyl (C=O) groups is 1. The summed E-state index contributed by atoms with van der Waals surface area (Å²) in [5, 5.41) is 11.4. The Morgan fingerprint density at radius 3 is 2.50 bits per heavy atom. The largest absolute Gasteiger partial charge is 0.475 e. The maximum atomic E-state index is 14.0. The molecule has 0 radical (unpaired) electrons. The number of halogens is 6. The van der Waals surface area contributed by atoms with Gasteiger partial charge in [0.2, 0.25) is 5.82 Å². The topological polar surface area (TPSA) is 87.9 Å². The van der Waals surface area contributed by atoms with Crippen molar-refractivity contribution in [1.82, 2.24) is 14.9 Å². The van der Waals surface area contributed by atoms with Gasteiger partial charge in [-0.2, -0.15) is 13.2 Å². The van der Waals surface area contributed by atoms with Gasteiger partial charge in [-0.25, -0.2) is 19.2 Å². The lowest BCUT2D eigenvalue weighted by molar-refractivity contribution is -0.275. The molecule has 0 amide bonds. The summed E-state index contributed by atoms with van der Waals surface area (Å²) >= 11 is 11.4. The molecule has 2 aromatic rings. The smallest absolute Gasteiger partial charge is 0.435 e. The van der Waals surface area contributed by atoms with Crippen LogP contribution in [-0.4, -0.2) is 38.0 Å². The zero-order valence-corrected chi connectivity index (χ0v) is 16.2. The molecule has 3 heterocycles. The highest BCUT2D eigenvalue weighted by molar-refractivity contribution is 6.35. The second-order valence-electron chi connectivity index (χ2n) is 6.68. The maximum absolute atomic E-state index is 14.0. The molecule has 0 saturated heterocycles. The van der Waals surface area contributed by atoms with Crippen molar-refractivity contribution < 1.29 is 32.3 Å². The van der Waals surface area contributed by atoms with Crippen molar-refractivity contribution in [3.8, 4) is 0 Å². The fourth-order valence-corrected chi connectivity index (χ4v) is 3.77. The number of fused-ring (bicyclic) bond motifs is 1. The predicted molar refractivity (Wildman–Crippen MR) is 95.5 cm³/mol. The van der Waals surface area contributed by atoms with Crippen molar-refractivity contribution >= 4 is 35.0 Å². The Labute approximate surface area is 175 Å². The van der Waals surface area contributed by atoms with Gasteiger partial charge in [0.05, 0.1) is 28.7 Å². The van der Waals surface area contributed by atoms with Crippen LogP contribution in [0.2, 0.25) is 10.0 Å². The Hall–Kier alpha value is -2.66. The standard InChI is InChI=1S/C17H10Cl2F4N4O3/c18-9-1-8(2-10(19)13(9)20)16(17(21,22)23)3-12(26-30-16)27-5-7-4-24-14(15(28)29)25-11(7)6-27/h1-2,4H,3,5-6H2,(H,28,29). The van der Waals surface area contributed by atoms with Crippen molar-refractivity contribution in [3.05, 3.63) is 56.8 Å². The van der Waals surface area contributed by atoms with E-state index in [0.29, 0.717) is 11.3 Å². The SMILES string of the molecule is O=C(O)c1ncc2c(n1)CN(C1=NOC(c3cc(Cl)c(F)c(Cl)c3)(C(F)(F)F)C1)C2. The summed E-state index contributed by atoms with van der Waals surface area (Å²) in [5.41, 5.74) is -2.48. The van der Waals surface area contributed by atoms with Gasteiger partial charge in [-0.15, -0.1) is 0 Å². The van der Waals surface area contributed by atoms with Gasteiger partial charge >= 0.3 is 12.1 Å². The molecular formula is C17H10Cl2F4N4O3. The van der Waals surface area contributed by atoms with Crippen LogP contribution in [0.15, 0.2) is 23.5 Å². The Kier molecular flexibility index (Phi) is 4.77. The van der Waals surface area contributed by atoms with E-state index in [2.05, 4.69) is 15.1 Å². The summed E-state index contributed by atoms with van der Waals surface area (Å²) in [6.45, 7) is 0.148. The minimum Gasteiger partial charge on any atom is -0.475 e. The Morgan fingerprint density at radius 2 is 1.90 bits per heavy atom. The number of nitrogens with zero attached hydrogens (tertiary/aromatic N) is 4. The monoisotopic (exact) mass is 464 g/mol. The van der Waals surface area contributed by atoms with Gasteiger partial charge in [-0.1, -0.05) is 28.4 Å². The van der Waals surface area contributed by atoms with Crippen molar-refractivity contribution in [2.75, 3.05) is 0 Å². The number of aromatic carboxylic acids is 1. The summed E-state index contributed by atoms with van der Waals surface area (Å²) < 4.78 is 55.8. The first kappa shape index (κ1) is 20.6. The number of hydrogen-bond acceptors (Lipinski definition) is 6. The Balaban J connectivity index is 1.64. The molecule has 2 aliphatic heterocycles. The number of aromatic nitrogens is 2. The molecular weight excluding hydrogens is 455 g/mol. The summed E-state index contributed by atoms with van der Waals surface area (Å²) in [7, 11) is 0. The maximum Gasteiger partial charge on any atom is 0.435 e. The molecule has 0 aliphatic carbocycles. The number of benzene rings is 1. The number of alkyl halides is 3. The Morgan fingerprint density at radius 1 is 1.23 bits per heavy atom. The van der Waals surface area contributed by atoms with Gasteiger partial charge in [0.25, 0.3) is 5.60 Å². The van der Waals surface area contributed by atoms with E-state index in [0.717, 1.165) is 12.1 Å². The van der Waals surface area contributed by atoms with Gasteiger partial charge in [-0.3, -0.25) is 0 Å². The van der Waals surface area contributed by atoms with E-state index >= 15 is 0 Å².